The standard InChI is InChI=1S/C25H28BrFN4O5S.3C24H26BrFN4O5S/c1-13(24(32)33)10-19-14(2)36-8-7-31(19)12-18-20(25(34)35-3)21(16-5-4-15(27)11-17(16)26)30-22(29-18)23-28-6-9-37-23;1-13(23(31)32)9-15-12-35-7-6-30(15)11-18-19(24(33)34-2)20(16-4-3-14(26)10-17(16)25)29-21(28-18)22-27-5-8-36-22;1-13(23(31)32)9-15-11-30(6-7-35-15)12-18-19(24(33)34-2)20(16-4-3-14(26)10-17(16)25)29-21(28-18)22-27-5-8-36-22;1-13-18(5-6-19(31)32)30(8-9-35-13)12-17-20(24(33)34-2)21(15-4-3-14(26)11-16(15)25)29-22(28-17)23-27-7-10-36-23/h4-6,9,11,13-14,19,21H,7-8,10,12H2,1-3H3,(H,29,30)(H,32,33);2*3-5,8,10,13,15,20H,6-7,9,11-12H2,1-2H3,(H,28,29)(H,31,32);3-4,7,10-11,13,18,21H,5-6,8-9,12H2,1-2H3,(H,28,29)(H,31,32)/t13?,14-,19-,21+;2*13?,15-,20+;13-,18-,21+/m1111/s1. The van der Waals surface area contributed by atoms with E-state index in [1.54, 1.807) is 69.8 Å². The zero-order valence-corrected chi connectivity index (χ0v) is 89.4. The molecule has 0 amide bonds. The summed E-state index contributed by atoms with van der Waals surface area (Å²) in [5, 5.41) is 60.5. The number of carboxylic acids is 4. The van der Waals surface area contributed by atoms with Crippen LogP contribution >= 0.6 is 109 Å². The van der Waals surface area contributed by atoms with Crippen LogP contribution < -0.4 is 21.3 Å². The van der Waals surface area contributed by atoms with Gasteiger partial charge in [0.25, 0.3) is 0 Å². The van der Waals surface area contributed by atoms with E-state index < -0.39 is 113 Å². The molecule has 8 aromatic rings. The number of hydrogen-bond acceptors (Lipinski definition) is 36. The minimum absolute atomic E-state index is 0.00216. The summed E-state index contributed by atoms with van der Waals surface area (Å²) in [7, 11) is 5.21. The Morgan fingerprint density at radius 2 is 0.745 bits per heavy atom. The van der Waals surface area contributed by atoms with Crippen LogP contribution in [0.5, 0.6) is 0 Å². The Hall–Kier alpha value is -10.7. The van der Waals surface area contributed by atoms with E-state index in [-0.39, 0.29) is 42.9 Å². The van der Waals surface area contributed by atoms with E-state index in [0.29, 0.717) is 246 Å². The molecular weight excluding hydrogens is 2230 g/mol. The number of amidine groups is 4. The minimum atomic E-state index is -0.877. The number of nitrogens with one attached hydrogen (secondary N) is 4. The SMILES string of the molecule is COC(=O)C1=C(CN2CCOC[C@H]2CC(C)C(=O)O)NC(c2nccs2)=N[C@H]1c1ccc(F)cc1Br.COC(=O)C1=C(CN2CCO[C@H](C)[C@H]2CC(C)C(=O)O)NC(c2nccs2)=N[C@H]1c1ccc(F)cc1Br.COC(=O)C1=C(CN2CCO[C@H](C)[C@H]2CCC(=O)O)NC(c2nccs2)=N[C@H]1c1ccc(F)cc1Br.COC(=O)C1=C(CN2CCO[C@H](CC(C)C(=O)O)C2)NC(c2nccs2)=N[C@H]1c1ccc(F)cc1Br. The van der Waals surface area contributed by atoms with Gasteiger partial charge < -0.3 is 79.6 Å². The van der Waals surface area contributed by atoms with Gasteiger partial charge in [-0.25, -0.2) is 56.7 Å². The predicted octanol–water partition coefficient (Wildman–Crippen LogP) is 14.0. The third-order valence-corrected chi connectivity index (χ3v) is 30.9. The first-order chi connectivity index (χ1) is 69.5. The predicted molar refractivity (Wildman–Crippen MR) is 546 cm³/mol. The smallest absolute Gasteiger partial charge is 0.338 e. The van der Waals surface area contributed by atoms with Gasteiger partial charge in [-0.05, 0) is 110 Å². The normalized spacial score (nSPS) is 22.2. The summed E-state index contributed by atoms with van der Waals surface area (Å²) in [6.07, 6.45) is 7.61. The molecule has 145 heavy (non-hydrogen) atoms. The number of carbonyl (C=O) groups excluding carboxylic acids is 4. The van der Waals surface area contributed by atoms with Gasteiger partial charge in [-0.3, -0.25) is 58.7 Å². The number of methoxy groups -OCH3 is 4. The van der Waals surface area contributed by atoms with Gasteiger partial charge >= 0.3 is 47.8 Å². The number of morpholine rings is 4. The van der Waals surface area contributed by atoms with E-state index in [2.05, 4.69) is 125 Å². The van der Waals surface area contributed by atoms with Crippen molar-refractivity contribution < 1.29 is 114 Å². The van der Waals surface area contributed by atoms with Crippen LogP contribution in [0.2, 0.25) is 0 Å². The van der Waals surface area contributed by atoms with Crippen LogP contribution in [0.1, 0.15) is 133 Å². The van der Waals surface area contributed by atoms with Gasteiger partial charge in [0.1, 0.15) is 47.4 Å². The fourth-order valence-corrected chi connectivity index (χ4v) is 22.3. The number of aliphatic carboxylic acids is 4. The van der Waals surface area contributed by atoms with Gasteiger partial charge in [-0.2, -0.15) is 0 Å². The van der Waals surface area contributed by atoms with Crippen LogP contribution in [0.4, 0.5) is 17.6 Å². The van der Waals surface area contributed by atoms with Crippen molar-refractivity contribution in [2.24, 2.45) is 37.7 Å². The molecule has 16 rings (SSSR count). The zero-order valence-electron chi connectivity index (χ0n) is 79.8. The first-order valence-electron chi connectivity index (χ1n) is 45.8. The number of nitrogens with zero attached hydrogens (tertiary/aromatic N) is 12. The number of aromatic nitrogens is 4. The van der Waals surface area contributed by atoms with E-state index in [1.807, 2.05) is 35.4 Å². The zero-order chi connectivity index (χ0) is 104. The fourth-order valence-electron chi connectivity index (χ4n) is 17.6. The van der Waals surface area contributed by atoms with Crippen molar-refractivity contribution in [3.8, 4) is 0 Å². The first-order valence-corrected chi connectivity index (χ1v) is 52.5. The number of carboxylic acid groups (broad SMARTS) is 4. The van der Waals surface area contributed by atoms with Gasteiger partial charge in [0, 0.05) is 170 Å². The highest BCUT2D eigenvalue weighted by Crippen LogP contribution is 2.44. The highest BCUT2D eigenvalue weighted by Gasteiger charge is 2.44. The van der Waals surface area contributed by atoms with Gasteiger partial charge in [0.05, 0.1) is 120 Å². The Morgan fingerprint density at radius 1 is 0.428 bits per heavy atom. The summed E-state index contributed by atoms with van der Waals surface area (Å²) < 4.78 is 101. The number of aliphatic imine (C=N–C) groups is 4. The Balaban J connectivity index is 0.000000162. The molecule has 0 spiro atoms. The number of thiazole rings is 4. The molecule has 8 N–H and O–H groups in total. The van der Waals surface area contributed by atoms with Crippen LogP contribution in [0.15, 0.2) is 202 Å². The quantitative estimate of drug-likeness (QED) is 0.0110. The fraction of sp³-hybridized carbons (Fsp3) is 0.423. The summed E-state index contributed by atoms with van der Waals surface area (Å²) in [6, 6.07) is 13.4. The molecule has 12 heterocycles. The third kappa shape index (κ3) is 28.6. The highest BCUT2D eigenvalue weighted by atomic mass is 79.9. The number of rotatable bonds is 32. The number of hydrogen-bond donors (Lipinski definition) is 8. The van der Waals surface area contributed by atoms with E-state index >= 15 is 0 Å². The molecule has 3 unspecified atom stereocenters. The molecule has 4 aromatic carbocycles. The molecule has 0 saturated carbocycles. The van der Waals surface area contributed by atoms with Gasteiger partial charge in [0.2, 0.25) is 0 Å². The second-order valence-electron chi connectivity index (χ2n) is 34.6. The maximum Gasteiger partial charge on any atom is 0.338 e. The van der Waals surface area contributed by atoms with Crippen LogP contribution in [0.3, 0.4) is 0 Å². The summed E-state index contributed by atoms with van der Waals surface area (Å²) in [6.45, 7) is 15.2. The lowest BCUT2D eigenvalue weighted by Crippen LogP contribution is -2.53. The molecule has 774 valence electrons. The maximum absolute atomic E-state index is 13.9. The second kappa shape index (κ2) is 52.3. The summed E-state index contributed by atoms with van der Waals surface area (Å²) in [5.74, 6) is -7.11. The van der Waals surface area contributed by atoms with Crippen molar-refractivity contribution in [3.63, 3.8) is 0 Å². The molecule has 48 heteroatoms. The van der Waals surface area contributed by atoms with Gasteiger partial charge in [-0.15, -0.1) is 45.3 Å². The third-order valence-electron chi connectivity index (χ3n) is 25.0. The molecule has 0 bridgehead atoms. The number of benzene rings is 4. The minimum Gasteiger partial charge on any atom is -0.481 e. The van der Waals surface area contributed by atoms with Gasteiger partial charge in [0.15, 0.2) is 43.4 Å². The average Bonchev–Trinajstić information content (AvgIpc) is 1.59. The summed E-state index contributed by atoms with van der Waals surface area (Å²) >= 11 is 19.3. The number of carbonyl (C=O) groups is 8. The molecule has 4 saturated heterocycles. The average molecular weight is 2340 g/mol. The number of ether oxygens (including phenoxy) is 8. The first kappa shape index (κ1) is 112. The van der Waals surface area contributed by atoms with E-state index in [9.17, 15) is 76.3 Å². The largest absolute Gasteiger partial charge is 0.481 e. The second-order valence-corrected chi connectivity index (χ2v) is 41.6. The lowest BCUT2D eigenvalue weighted by Gasteiger charge is -2.42. The molecule has 0 aliphatic carbocycles. The Kier molecular flexibility index (Phi) is 40.2. The van der Waals surface area contributed by atoms with Crippen molar-refractivity contribution in [1.82, 2.24) is 60.8 Å². The maximum atomic E-state index is 13.9. The molecule has 4 aromatic heterocycles. The molecule has 4 fully saturated rings. The van der Waals surface area contributed by atoms with Crippen molar-refractivity contribution >= 4 is 180 Å². The lowest BCUT2D eigenvalue weighted by molar-refractivity contribution is -0.144. The summed E-state index contributed by atoms with van der Waals surface area (Å²) in [4.78, 5) is 143. The highest BCUT2D eigenvalue weighted by molar-refractivity contribution is 9.11. The van der Waals surface area contributed by atoms with Crippen LogP contribution in [0, 0.1) is 41.0 Å². The van der Waals surface area contributed by atoms with Crippen molar-refractivity contribution in [2.45, 2.75) is 127 Å². The van der Waals surface area contributed by atoms with E-state index in [0.717, 1.165) is 0 Å². The number of halogens is 8. The van der Waals surface area contributed by atoms with Crippen molar-refractivity contribution in [1.29, 1.82) is 0 Å². The van der Waals surface area contributed by atoms with Crippen LogP contribution in [-0.4, -0.2) is 288 Å². The van der Waals surface area contributed by atoms with Crippen LogP contribution in [0.25, 0.3) is 0 Å². The summed E-state index contributed by atoms with van der Waals surface area (Å²) in [5.41, 5.74) is 5.89. The van der Waals surface area contributed by atoms with Crippen molar-refractivity contribution in [2.75, 3.05) is 120 Å². The van der Waals surface area contributed by atoms with E-state index in [4.69, 9.17) is 57.9 Å². The lowest BCUT2D eigenvalue weighted by atomic mass is 9.93. The van der Waals surface area contributed by atoms with Crippen molar-refractivity contribution in [3.05, 3.63) is 248 Å². The molecule has 8 aliphatic rings. The Morgan fingerprint density at radius 3 is 1.08 bits per heavy atom. The Bertz CT molecular complexity index is 6270. The topological polar surface area (TPSA) is 453 Å². The molecular formula is C97H106Br4F4N16O20S4. The molecule has 36 nitrogen and oxygen atoms in total. The van der Waals surface area contributed by atoms with Gasteiger partial charge in [-0.1, -0.05) is 109 Å². The molecule has 8 aliphatic heterocycles. The Labute approximate surface area is 881 Å². The number of esters is 4. The monoisotopic (exact) mass is 2330 g/mol. The molecule has 13 atom stereocenters. The molecule has 0 radical (unpaired) electrons. The van der Waals surface area contributed by atoms with E-state index in [1.165, 1.54) is 122 Å². The van der Waals surface area contributed by atoms with Crippen LogP contribution in [-0.2, 0) is 76.3 Å².